The summed E-state index contributed by atoms with van der Waals surface area (Å²) in [6.45, 7) is 0. The molecule has 19 heavy (non-hydrogen) atoms. The number of benzene rings is 1. The van der Waals surface area contributed by atoms with Crippen molar-refractivity contribution in [3.05, 3.63) is 24.3 Å². The average molecular weight is 262 g/mol. The lowest BCUT2D eigenvalue weighted by Gasteiger charge is -2.16. The summed E-state index contributed by atoms with van der Waals surface area (Å²) < 4.78 is 5.05. The number of barbiturate groups is 1. The van der Waals surface area contributed by atoms with E-state index in [4.69, 9.17) is 4.74 Å². The van der Waals surface area contributed by atoms with Crippen LogP contribution in [0, 0.1) is 0 Å². The van der Waals surface area contributed by atoms with E-state index in [1.165, 1.54) is 7.11 Å². The number of nitrogens with one attached hydrogen (secondary N) is 2. The van der Waals surface area contributed by atoms with Crippen molar-refractivity contribution in [2.75, 3.05) is 7.11 Å². The van der Waals surface area contributed by atoms with Crippen LogP contribution in [0.4, 0.5) is 10.5 Å². The Kier molecular flexibility index (Phi) is 3.51. The van der Waals surface area contributed by atoms with Crippen LogP contribution in [0.25, 0.3) is 0 Å². The monoisotopic (exact) mass is 262 g/mol. The molecule has 1 fully saturated rings. The van der Waals surface area contributed by atoms with Crippen LogP contribution in [0.15, 0.2) is 34.5 Å². The summed E-state index contributed by atoms with van der Waals surface area (Å²) in [7, 11) is 1.47. The van der Waals surface area contributed by atoms with Gasteiger partial charge in [0.05, 0.1) is 7.11 Å². The van der Waals surface area contributed by atoms with Crippen LogP contribution in [-0.2, 0) is 9.59 Å². The lowest BCUT2D eigenvalue weighted by molar-refractivity contribution is -0.131. The minimum atomic E-state index is -1.39. The lowest BCUT2D eigenvalue weighted by atomic mass is 10.2. The first-order valence-corrected chi connectivity index (χ1v) is 5.31. The molecule has 1 aliphatic heterocycles. The predicted octanol–water partition coefficient (Wildman–Crippen LogP) is 0.513. The van der Waals surface area contributed by atoms with Crippen molar-refractivity contribution in [3.63, 3.8) is 0 Å². The zero-order valence-electron chi connectivity index (χ0n) is 9.91. The number of azo groups is 1. The van der Waals surface area contributed by atoms with Crippen LogP contribution in [0.5, 0.6) is 5.75 Å². The first-order valence-electron chi connectivity index (χ1n) is 5.31. The molecule has 4 amide bonds. The molecule has 1 saturated heterocycles. The maximum absolute atomic E-state index is 11.4. The molecular weight excluding hydrogens is 252 g/mol. The quantitative estimate of drug-likeness (QED) is 0.611. The number of methoxy groups -OCH3 is 1. The summed E-state index contributed by atoms with van der Waals surface area (Å²) in [4.78, 5) is 33.7. The van der Waals surface area contributed by atoms with Crippen molar-refractivity contribution in [3.8, 4) is 5.75 Å². The number of rotatable bonds is 3. The minimum absolute atomic E-state index is 0.377. The molecule has 0 bridgehead atoms. The third-order valence-corrected chi connectivity index (χ3v) is 2.34. The first kappa shape index (κ1) is 12.7. The average Bonchev–Trinajstić information content (AvgIpc) is 2.38. The number of ether oxygens (including phenoxy) is 1. The molecular formula is C11H10N4O4. The number of carbonyl (C=O) groups is 3. The highest BCUT2D eigenvalue weighted by Crippen LogP contribution is 2.26. The maximum Gasteiger partial charge on any atom is 0.328 e. The van der Waals surface area contributed by atoms with Gasteiger partial charge in [-0.3, -0.25) is 20.2 Å². The lowest BCUT2D eigenvalue weighted by Crippen LogP contribution is -2.57. The standard InChI is InChI=1S/C11H10N4O4/c1-19-7-5-3-2-4-6(7)14-15-8-9(16)12-11(18)13-10(8)17/h2-5,8H,1H3,(H2,12,13,16,17,18). The molecule has 0 atom stereocenters. The van der Waals surface area contributed by atoms with E-state index in [1.54, 1.807) is 24.3 Å². The summed E-state index contributed by atoms with van der Waals surface area (Å²) in [6.07, 6.45) is 0. The highest BCUT2D eigenvalue weighted by Gasteiger charge is 2.34. The van der Waals surface area contributed by atoms with E-state index in [0.717, 1.165) is 0 Å². The number of urea groups is 1. The Labute approximate surface area is 107 Å². The van der Waals surface area contributed by atoms with Gasteiger partial charge in [-0.05, 0) is 12.1 Å². The molecule has 0 radical (unpaired) electrons. The highest BCUT2D eigenvalue weighted by atomic mass is 16.5. The Morgan fingerprint density at radius 1 is 1.11 bits per heavy atom. The van der Waals surface area contributed by atoms with Crippen LogP contribution >= 0.6 is 0 Å². The van der Waals surface area contributed by atoms with E-state index in [1.807, 2.05) is 10.6 Å². The second kappa shape index (κ2) is 5.25. The normalized spacial score (nSPS) is 16.4. The van der Waals surface area contributed by atoms with Gasteiger partial charge in [-0.2, -0.15) is 10.2 Å². The largest absolute Gasteiger partial charge is 0.494 e. The molecule has 8 nitrogen and oxygen atoms in total. The summed E-state index contributed by atoms with van der Waals surface area (Å²) in [5.74, 6) is -1.17. The molecule has 1 heterocycles. The minimum Gasteiger partial charge on any atom is -0.494 e. The molecule has 8 heteroatoms. The summed E-state index contributed by atoms with van der Waals surface area (Å²) >= 11 is 0. The van der Waals surface area contributed by atoms with Crippen molar-refractivity contribution in [1.29, 1.82) is 0 Å². The number of para-hydroxylation sites is 1. The van der Waals surface area contributed by atoms with Crippen molar-refractivity contribution in [1.82, 2.24) is 10.6 Å². The number of imide groups is 2. The number of hydrogen-bond acceptors (Lipinski definition) is 6. The van der Waals surface area contributed by atoms with E-state index in [9.17, 15) is 14.4 Å². The topological polar surface area (TPSA) is 109 Å². The van der Waals surface area contributed by atoms with Crippen molar-refractivity contribution in [2.24, 2.45) is 10.2 Å². The van der Waals surface area contributed by atoms with E-state index in [2.05, 4.69) is 10.2 Å². The van der Waals surface area contributed by atoms with Gasteiger partial charge in [-0.25, -0.2) is 4.79 Å². The third kappa shape index (κ3) is 2.73. The van der Waals surface area contributed by atoms with Gasteiger partial charge in [0.15, 0.2) is 0 Å². The van der Waals surface area contributed by atoms with Gasteiger partial charge in [0.25, 0.3) is 11.8 Å². The van der Waals surface area contributed by atoms with Gasteiger partial charge in [0.1, 0.15) is 11.4 Å². The fraction of sp³-hybridized carbons (Fsp3) is 0.182. The van der Waals surface area contributed by atoms with Crippen molar-refractivity contribution >= 4 is 23.5 Å². The van der Waals surface area contributed by atoms with E-state index < -0.39 is 23.9 Å². The van der Waals surface area contributed by atoms with Crippen LogP contribution < -0.4 is 15.4 Å². The van der Waals surface area contributed by atoms with Gasteiger partial charge in [0, 0.05) is 0 Å². The number of nitrogens with zero attached hydrogens (tertiary/aromatic N) is 2. The Morgan fingerprint density at radius 2 is 1.74 bits per heavy atom. The Bertz CT molecular complexity index is 550. The van der Waals surface area contributed by atoms with Gasteiger partial charge in [-0.1, -0.05) is 12.1 Å². The number of hydrogen-bond donors (Lipinski definition) is 2. The van der Waals surface area contributed by atoms with Crippen LogP contribution in [0.2, 0.25) is 0 Å². The van der Waals surface area contributed by atoms with Crippen LogP contribution in [-0.4, -0.2) is 31.0 Å². The molecule has 2 rings (SSSR count). The highest BCUT2D eigenvalue weighted by molar-refractivity contribution is 6.18. The molecule has 1 aromatic rings. The predicted molar refractivity (Wildman–Crippen MR) is 63.0 cm³/mol. The van der Waals surface area contributed by atoms with E-state index in [0.29, 0.717) is 11.4 Å². The second-order valence-electron chi connectivity index (χ2n) is 3.60. The Hall–Kier alpha value is -2.77. The summed E-state index contributed by atoms with van der Waals surface area (Å²) in [6, 6.07) is 4.49. The molecule has 98 valence electrons. The van der Waals surface area contributed by atoms with Crippen molar-refractivity contribution < 1.29 is 19.1 Å². The molecule has 1 aliphatic rings. The maximum atomic E-state index is 11.4. The molecule has 0 saturated carbocycles. The molecule has 0 unspecified atom stereocenters. The zero-order chi connectivity index (χ0) is 13.8. The fourth-order valence-electron chi connectivity index (χ4n) is 1.45. The Balaban J connectivity index is 2.20. The van der Waals surface area contributed by atoms with Gasteiger partial charge >= 0.3 is 6.03 Å². The molecule has 0 spiro atoms. The van der Waals surface area contributed by atoms with E-state index >= 15 is 0 Å². The number of carbonyl (C=O) groups excluding carboxylic acids is 3. The second-order valence-corrected chi connectivity index (χ2v) is 3.60. The Morgan fingerprint density at radius 3 is 2.37 bits per heavy atom. The van der Waals surface area contributed by atoms with Crippen LogP contribution in [0.3, 0.4) is 0 Å². The fourth-order valence-corrected chi connectivity index (χ4v) is 1.45. The van der Waals surface area contributed by atoms with Gasteiger partial charge < -0.3 is 4.74 Å². The SMILES string of the molecule is COc1ccccc1N=NC1C(=O)NC(=O)NC1=O. The summed E-state index contributed by atoms with van der Waals surface area (Å²) in [5, 5.41) is 11.3. The third-order valence-electron chi connectivity index (χ3n) is 2.34. The molecule has 2 N–H and O–H groups in total. The van der Waals surface area contributed by atoms with E-state index in [-0.39, 0.29) is 0 Å². The smallest absolute Gasteiger partial charge is 0.328 e. The molecule has 0 aromatic heterocycles. The van der Waals surface area contributed by atoms with Gasteiger partial charge in [0.2, 0.25) is 6.04 Å². The zero-order valence-corrected chi connectivity index (χ0v) is 9.91. The van der Waals surface area contributed by atoms with Crippen LogP contribution in [0.1, 0.15) is 0 Å². The number of amides is 4. The first-order chi connectivity index (χ1) is 9.11. The van der Waals surface area contributed by atoms with Crippen molar-refractivity contribution in [2.45, 2.75) is 6.04 Å². The summed E-state index contributed by atoms with van der Waals surface area (Å²) in [5.41, 5.74) is 0.377. The van der Waals surface area contributed by atoms with Gasteiger partial charge in [-0.15, -0.1) is 0 Å². The molecule has 0 aliphatic carbocycles. The molecule has 1 aromatic carbocycles.